The first-order valence-electron chi connectivity index (χ1n) is 9.27. The minimum Gasteiger partial charge on any atom is -0.448 e. The number of carbonyl (C=O) groups is 1. The Morgan fingerprint density at radius 3 is 2.38 bits per heavy atom. The van der Waals surface area contributed by atoms with Crippen LogP contribution in [0.15, 0.2) is 48.5 Å². The normalized spacial score (nSPS) is 19.2. The van der Waals surface area contributed by atoms with Gasteiger partial charge in [-0.25, -0.2) is 4.79 Å². The van der Waals surface area contributed by atoms with Crippen LogP contribution in [0.3, 0.4) is 0 Å². The highest BCUT2D eigenvalue weighted by molar-refractivity contribution is 5.79. The summed E-state index contributed by atoms with van der Waals surface area (Å²) in [4.78, 5) is 14.3. The second kappa shape index (κ2) is 7.21. The van der Waals surface area contributed by atoms with Gasteiger partial charge in [-0.3, -0.25) is 0 Å². The van der Waals surface area contributed by atoms with E-state index in [0.717, 1.165) is 19.3 Å². The SMILES string of the molecule is N#CC1CCCCN(C(=O)OCC2c3ccccc3-c3ccccc32)C1. The number of hydrogen-bond donors (Lipinski definition) is 0. The van der Waals surface area contributed by atoms with Crippen LogP contribution in [0.25, 0.3) is 11.1 Å². The number of hydrogen-bond acceptors (Lipinski definition) is 3. The average molecular weight is 346 g/mol. The van der Waals surface area contributed by atoms with Gasteiger partial charge in [0.25, 0.3) is 0 Å². The van der Waals surface area contributed by atoms with Gasteiger partial charge in [0.05, 0.1) is 12.0 Å². The quantitative estimate of drug-likeness (QED) is 0.801. The first-order chi connectivity index (χ1) is 12.8. The Morgan fingerprint density at radius 2 is 1.73 bits per heavy atom. The Hall–Kier alpha value is -2.80. The van der Waals surface area contributed by atoms with Gasteiger partial charge in [0.1, 0.15) is 6.61 Å². The zero-order valence-corrected chi connectivity index (χ0v) is 14.7. The number of carbonyl (C=O) groups excluding carboxylic acids is 1. The molecular weight excluding hydrogens is 324 g/mol. The lowest BCUT2D eigenvalue weighted by Gasteiger charge is -2.23. The van der Waals surface area contributed by atoms with Gasteiger partial charge in [-0.1, -0.05) is 55.0 Å². The van der Waals surface area contributed by atoms with E-state index in [0.29, 0.717) is 19.7 Å². The monoisotopic (exact) mass is 346 g/mol. The highest BCUT2D eigenvalue weighted by Gasteiger charge is 2.30. The molecule has 1 fully saturated rings. The van der Waals surface area contributed by atoms with Crippen molar-refractivity contribution in [3.8, 4) is 17.2 Å². The number of ether oxygens (including phenoxy) is 1. The summed E-state index contributed by atoms with van der Waals surface area (Å²) < 4.78 is 5.71. The molecule has 0 spiro atoms. The van der Waals surface area contributed by atoms with Crippen LogP contribution in [0.5, 0.6) is 0 Å². The summed E-state index contributed by atoms with van der Waals surface area (Å²) in [6.07, 6.45) is 2.49. The number of nitriles is 1. The largest absolute Gasteiger partial charge is 0.448 e. The summed E-state index contributed by atoms with van der Waals surface area (Å²) in [5.41, 5.74) is 4.88. The molecular formula is C22H22N2O2. The van der Waals surface area contributed by atoms with Gasteiger partial charge < -0.3 is 9.64 Å². The summed E-state index contributed by atoms with van der Waals surface area (Å²) >= 11 is 0. The smallest absolute Gasteiger partial charge is 0.409 e. The predicted octanol–water partition coefficient (Wildman–Crippen LogP) is 4.56. The molecule has 1 heterocycles. The number of rotatable bonds is 2. The third-order valence-corrected chi connectivity index (χ3v) is 5.45. The Bertz CT molecular complexity index is 810. The fourth-order valence-corrected chi connectivity index (χ4v) is 4.10. The molecule has 1 unspecified atom stereocenters. The van der Waals surface area contributed by atoms with Gasteiger partial charge in [-0.05, 0) is 35.1 Å². The fourth-order valence-electron chi connectivity index (χ4n) is 4.10. The average Bonchev–Trinajstić information content (AvgIpc) is 2.83. The maximum Gasteiger partial charge on any atom is 0.409 e. The zero-order chi connectivity index (χ0) is 17.9. The van der Waals surface area contributed by atoms with Gasteiger partial charge in [-0.2, -0.15) is 5.26 Å². The van der Waals surface area contributed by atoms with E-state index < -0.39 is 0 Å². The van der Waals surface area contributed by atoms with Crippen LogP contribution < -0.4 is 0 Å². The Morgan fingerprint density at radius 1 is 1.08 bits per heavy atom. The number of nitrogens with zero attached hydrogens (tertiary/aromatic N) is 2. The molecule has 1 saturated heterocycles. The Kier molecular flexibility index (Phi) is 4.62. The molecule has 0 radical (unpaired) electrons. The van der Waals surface area contributed by atoms with E-state index in [1.165, 1.54) is 22.3 Å². The lowest BCUT2D eigenvalue weighted by atomic mass is 9.98. The number of amides is 1. The van der Waals surface area contributed by atoms with E-state index in [-0.39, 0.29) is 17.9 Å². The number of fused-ring (bicyclic) bond motifs is 3. The Labute approximate surface area is 154 Å². The van der Waals surface area contributed by atoms with Crippen molar-refractivity contribution in [2.75, 3.05) is 19.7 Å². The van der Waals surface area contributed by atoms with Crippen molar-refractivity contribution in [2.45, 2.75) is 25.2 Å². The van der Waals surface area contributed by atoms with E-state index in [9.17, 15) is 10.1 Å². The van der Waals surface area contributed by atoms with Gasteiger partial charge in [0.2, 0.25) is 0 Å². The third-order valence-electron chi connectivity index (χ3n) is 5.45. The van der Waals surface area contributed by atoms with Crippen LogP contribution in [0.2, 0.25) is 0 Å². The van der Waals surface area contributed by atoms with Gasteiger partial charge in [0.15, 0.2) is 0 Å². The van der Waals surface area contributed by atoms with Crippen LogP contribution in [-0.2, 0) is 4.74 Å². The molecule has 0 aromatic heterocycles. The molecule has 0 saturated carbocycles. The van der Waals surface area contributed by atoms with Crippen LogP contribution in [-0.4, -0.2) is 30.7 Å². The molecule has 2 aromatic rings. The molecule has 2 aliphatic rings. The zero-order valence-electron chi connectivity index (χ0n) is 14.7. The summed E-state index contributed by atoms with van der Waals surface area (Å²) in [7, 11) is 0. The van der Waals surface area contributed by atoms with E-state index in [1.807, 2.05) is 24.3 Å². The maximum atomic E-state index is 12.6. The van der Waals surface area contributed by atoms with Crippen LogP contribution >= 0.6 is 0 Å². The van der Waals surface area contributed by atoms with E-state index in [4.69, 9.17) is 4.74 Å². The fraction of sp³-hybridized carbons (Fsp3) is 0.364. The maximum absolute atomic E-state index is 12.6. The Balaban J connectivity index is 1.49. The van der Waals surface area contributed by atoms with Gasteiger partial charge in [0, 0.05) is 19.0 Å². The highest BCUT2D eigenvalue weighted by Crippen LogP contribution is 2.44. The topological polar surface area (TPSA) is 53.3 Å². The first kappa shape index (κ1) is 16.7. The van der Waals surface area contributed by atoms with Crippen molar-refractivity contribution < 1.29 is 9.53 Å². The van der Waals surface area contributed by atoms with Gasteiger partial charge in [-0.15, -0.1) is 0 Å². The summed E-state index contributed by atoms with van der Waals surface area (Å²) in [5, 5.41) is 9.21. The number of benzene rings is 2. The van der Waals surface area contributed by atoms with Crippen molar-refractivity contribution in [1.82, 2.24) is 4.90 Å². The molecule has 4 rings (SSSR count). The lowest BCUT2D eigenvalue weighted by molar-refractivity contribution is 0.0987. The molecule has 1 amide bonds. The lowest BCUT2D eigenvalue weighted by Crippen LogP contribution is -2.35. The van der Waals surface area contributed by atoms with Crippen molar-refractivity contribution in [2.24, 2.45) is 5.92 Å². The highest BCUT2D eigenvalue weighted by atomic mass is 16.6. The third kappa shape index (κ3) is 3.06. The van der Waals surface area contributed by atoms with E-state index in [2.05, 4.69) is 30.3 Å². The van der Waals surface area contributed by atoms with E-state index in [1.54, 1.807) is 4.90 Å². The number of likely N-dealkylation sites (tertiary alicyclic amines) is 1. The van der Waals surface area contributed by atoms with E-state index >= 15 is 0 Å². The molecule has 1 atom stereocenters. The molecule has 0 bridgehead atoms. The standard InChI is InChI=1S/C22H22N2O2/c23-13-16-7-5-6-12-24(14-16)22(25)26-15-21-19-10-3-1-8-17(19)18-9-2-4-11-20(18)21/h1-4,8-11,16,21H,5-7,12,14-15H2. The molecule has 4 nitrogen and oxygen atoms in total. The molecule has 4 heteroatoms. The molecule has 1 aliphatic carbocycles. The van der Waals surface area contributed by atoms with Gasteiger partial charge >= 0.3 is 6.09 Å². The van der Waals surface area contributed by atoms with Crippen molar-refractivity contribution >= 4 is 6.09 Å². The predicted molar refractivity (Wildman–Crippen MR) is 99.6 cm³/mol. The van der Waals surface area contributed by atoms with Crippen molar-refractivity contribution in [3.63, 3.8) is 0 Å². The van der Waals surface area contributed by atoms with Crippen LogP contribution in [0.1, 0.15) is 36.3 Å². The van der Waals surface area contributed by atoms with Crippen molar-refractivity contribution in [1.29, 1.82) is 5.26 Å². The summed E-state index contributed by atoms with van der Waals surface area (Å²) in [6, 6.07) is 18.9. The minimum absolute atomic E-state index is 0.0742. The first-order valence-corrected chi connectivity index (χ1v) is 9.27. The molecule has 26 heavy (non-hydrogen) atoms. The van der Waals surface area contributed by atoms with Crippen molar-refractivity contribution in [3.05, 3.63) is 59.7 Å². The molecule has 132 valence electrons. The summed E-state index contributed by atoms with van der Waals surface area (Å²) in [5.74, 6) is -0.0110. The van der Waals surface area contributed by atoms with Crippen LogP contribution in [0, 0.1) is 17.2 Å². The second-order valence-electron chi connectivity index (χ2n) is 7.07. The minimum atomic E-state index is -0.297. The molecule has 2 aromatic carbocycles. The van der Waals surface area contributed by atoms with Crippen LogP contribution in [0.4, 0.5) is 4.79 Å². The summed E-state index contributed by atoms with van der Waals surface area (Å²) in [6.45, 7) is 1.49. The molecule has 0 N–H and O–H groups in total. The molecule has 1 aliphatic heterocycles. The second-order valence-corrected chi connectivity index (χ2v) is 7.07.